The molecule has 0 unspecified atom stereocenters. The van der Waals surface area contributed by atoms with Gasteiger partial charge in [0.05, 0.1) is 17.4 Å². The normalized spacial score (nSPS) is 15.0. The second-order valence-electron chi connectivity index (χ2n) is 5.30. The van der Waals surface area contributed by atoms with Crippen molar-refractivity contribution in [2.45, 2.75) is 32.0 Å². The molecule has 4 rings (SSSR count). The van der Waals surface area contributed by atoms with Crippen molar-refractivity contribution in [1.29, 1.82) is 0 Å². The number of hydrogen-bond donors (Lipinski definition) is 1. The Balaban J connectivity index is 1.50. The topological polar surface area (TPSA) is 55.9 Å². The molecule has 5 heteroatoms. The van der Waals surface area contributed by atoms with Gasteiger partial charge in [0.2, 0.25) is 0 Å². The van der Waals surface area contributed by atoms with E-state index in [1.807, 2.05) is 29.1 Å². The molecule has 1 N–H and O–H groups in total. The Labute approximate surface area is 116 Å². The molecule has 0 amide bonds. The molecule has 5 nitrogen and oxygen atoms in total. The monoisotopic (exact) mass is 268 g/mol. The molecule has 2 aromatic heterocycles. The van der Waals surface area contributed by atoms with Crippen molar-refractivity contribution in [2.24, 2.45) is 0 Å². The molecule has 2 heterocycles. The van der Waals surface area contributed by atoms with Crippen LogP contribution in [0.2, 0.25) is 0 Å². The van der Waals surface area contributed by atoms with Gasteiger partial charge in [0.25, 0.3) is 0 Å². The van der Waals surface area contributed by atoms with Crippen molar-refractivity contribution in [2.75, 3.05) is 0 Å². The number of nitrogens with one attached hydrogen (secondary N) is 1. The molecule has 0 radical (unpaired) electrons. The lowest BCUT2D eigenvalue weighted by Gasteiger charge is -1.99. The van der Waals surface area contributed by atoms with E-state index >= 15 is 0 Å². The summed E-state index contributed by atoms with van der Waals surface area (Å²) in [6.07, 6.45) is 4.44. The van der Waals surface area contributed by atoms with Crippen LogP contribution in [0.4, 0.5) is 0 Å². The molecule has 3 aromatic rings. The maximum atomic E-state index is 5.39. The van der Waals surface area contributed by atoms with Crippen LogP contribution in [0, 0.1) is 0 Å². The van der Waals surface area contributed by atoms with E-state index in [2.05, 4.69) is 27.7 Å². The summed E-state index contributed by atoms with van der Waals surface area (Å²) in [6, 6.07) is 10.9. The summed E-state index contributed by atoms with van der Waals surface area (Å²) in [5.74, 6) is 0.839. The largest absolute Gasteiger partial charge is 0.359 e. The molecular weight excluding hydrogens is 252 g/mol. The molecule has 1 saturated carbocycles. The third-order valence-corrected chi connectivity index (χ3v) is 3.61. The molecule has 1 fully saturated rings. The number of aromatic nitrogens is 3. The number of para-hydroxylation sites is 1. The number of nitrogens with zero attached hydrogens (tertiary/aromatic N) is 3. The van der Waals surface area contributed by atoms with Crippen molar-refractivity contribution in [3.8, 4) is 0 Å². The van der Waals surface area contributed by atoms with Crippen LogP contribution in [0.3, 0.4) is 0 Å². The molecule has 0 atom stereocenters. The van der Waals surface area contributed by atoms with Crippen LogP contribution in [-0.4, -0.2) is 21.0 Å². The van der Waals surface area contributed by atoms with E-state index in [0.717, 1.165) is 28.9 Å². The summed E-state index contributed by atoms with van der Waals surface area (Å²) in [5, 5.41) is 13.1. The minimum atomic E-state index is 0.615. The van der Waals surface area contributed by atoms with Crippen LogP contribution >= 0.6 is 0 Å². The SMILES string of the molecule is c1ccc2c(c1)cnn2Cc1cc(CNC2CC2)no1. The third kappa shape index (κ3) is 2.32. The van der Waals surface area contributed by atoms with Crippen molar-refractivity contribution in [3.63, 3.8) is 0 Å². The number of fused-ring (bicyclic) bond motifs is 1. The van der Waals surface area contributed by atoms with E-state index in [4.69, 9.17) is 4.52 Å². The van der Waals surface area contributed by atoms with Gasteiger partial charge in [-0.25, -0.2) is 0 Å². The van der Waals surface area contributed by atoms with Crippen molar-refractivity contribution in [1.82, 2.24) is 20.3 Å². The zero-order chi connectivity index (χ0) is 13.4. The van der Waals surface area contributed by atoms with Crippen molar-refractivity contribution >= 4 is 10.9 Å². The van der Waals surface area contributed by atoms with Crippen LogP contribution in [0.15, 0.2) is 41.1 Å². The van der Waals surface area contributed by atoms with Crippen molar-refractivity contribution in [3.05, 3.63) is 48.0 Å². The van der Waals surface area contributed by atoms with E-state index in [-0.39, 0.29) is 0 Å². The predicted octanol–water partition coefficient (Wildman–Crippen LogP) is 2.32. The zero-order valence-electron chi connectivity index (χ0n) is 11.1. The fourth-order valence-corrected chi connectivity index (χ4v) is 2.35. The van der Waals surface area contributed by atoms with E-state index < -0.39 is 0 Å². The fraction of sp³-hybridized carbons (Fsp3) is 0.333. The molecule has 0 spiro atoms. The Kier molecular flexibility index (Phi) is 2.77. The highest BCUT2D eigenvalue weighted by Gasteiger charge is 2.20. The first-order chi connectivity index (χ1) is 9.88. The minimum Gasteiger partial charge on any atom is -0.359 e. The Bertz CT molecular complexity index is 726. The Hall–Kier alpha value is -2.14. The molecule has 20 heavy (non-hydrogen) atoms. The van der Waals surface area contributed by atoms with Crippen molar-refractivity contribution < 1.29 is 4.52 Å². The molecule has 102 valence electrons. The van der Waals surface area contributed by atoms with Gasteiger partial charge in [0.1, 0.15) is 6.54 Å². The lowest BCUT2D eigenvalue weighted by molar-refractivity contribution is 0.366. The second-order valence-corrected chi connectivity index (χ2v) is 5.30. The van der Waals surface area contributed by atoms with Gasteiger partial charge in [-0.05, 0) is 18.9 Å². The Morgan fingerprint density at radius 3 is 3.10 bits per heavy atom. The summed E-state index contributed by atoms with van der Waals surface area (Å²) in [4.78, 5) is 0. The fourth-order valence-electron chi connectivity index (χ4n) is 2.35. The molecule has 1 aliphatic rings. The summed E-state index contributed by atoms with van der Waals surface area (Å²) in [5.41, 5.74) is 2.07. The van der Waals surface area contributed by atoms with Gasteiger partial charge < -0.3 is 9.84 Å². The lowest BCUT2D eigenvalue weighted by atomic mass is 10.2. The van der Waals surface area contributed by atoms with Crippen LogP contribution < -0.4 is 5.32 Å². The van der Waals surface area contributed by atoms with E-state index in [1.165, 1.54) is 12.8 Å². The smallest absolute Gasteiger partial charge is 0.158 e. The highest BCUT2D eigenvalue weighted by molar-refractivity contribution is 5.78. The molecule has 0 saturated heterocycles. The molecule has 1 aromatic carbocycles. The van der Waals surface area contributed by atoms with Crippen LogP contribution in [0.25, 0.3) is 10.9 Å². The Morgan fingerprint density at radius 1 is 1.30 bits per heavy atom. The van der Waals surface area contributed by atoms with Gasteiger partial charge in [-0.1, -0.05) is 23.4 Å². The maximum Gasteiger partial charge on any atom is 0.158 e. The average molecular weight is 268 g/mol. The van der Waals surface area contributed by atoms with Gasteiger partial charge in [-0.2, -0.15) is 5.10 Å². The molecule has 0 bridgehead atoms. The van der Waals surface area contributed by atoms with Gasteiger partial charge in [-0.15, -0.1) is 0 Å². The maximum absolute atomic E-state index is 5.39. The number of benzene rings is 1. The second kappa shape index (κ2) is 4.76. The standard InChI is InChI=1S/C15H16N4O/c1-2-4-15-11(3-1)8-17-19(15)10-14-7-13(18-20-14)9-16-12-5-6-12/h1-4,7-8,12,16H,5-6,9-10H2. The van der Waals surface area contributed by atoms with Crippen LogP contribution in [0.1, 0.15) is 24.3 Å². The summed E-state index contributed by atoms with van der Waals surface area (Å²) in [7, 11) is 0. The van der Waals surface area contributed by atoms with Crippen LogP contribution in [0.5, 0.6) is 0 Å². The van der Waals surface area contributed by atoms with Gasteiger partial charge in [-0.3, -0.25) is 4.68 Å². The predicted molar refractivity (Wildman–Crippen MR) is 75.2 cm³/mol. The summed E-state index contributed by atoms with van der Waals surface area (Å²) < 4.78 is 7.33. The number of hydrogen-bond acceptors (Lipinski definition) is 4. The lowest BCUT2D eigenvalue weighted by Crippen LogP contribution is -2.15. The van der Waals surface area contributed by atoms with E-state index in [9.17, 15) is 0 Å². The Morgan fingerprint density at radius 2 is 2.20 bits per heavy atom. The van der Waals surface area contributed by atoms with Gasteiger partial charge >= 0.3 is 0 Å². The third-order valence-electron chi connectivity index (χ3n) is 3.61. The number of rotatable bonds is 5. The first-order valence-electron chi connectivity index (χ1n) is 6.97. The quantitative estimate of drug-likeness (QED) is 0.771. The highest BCUT2D eigenvalue weighted by atomic mass is 16.5. The van der Waals surface area contributed by atoms with E-state index in [0.29, 0.717) is 12.6 Å². The zero-order valence-corrected chi connectivity index (χ0v) is 11.1. The molecule has 0 aliphatic heterocycles. The first kappa shape index (κ1) is 11.7. The summed E-state index contributed by atoms with van der Waals surface area (Å²) >= 11 is 0. The molecule has 1 aliphatic carbocycles. The summed E-state index contributed by atoms with van der Waals surface area (Å²) in [6.45, 7) is 1.40. The highest BCUT2D eigenvalue weighted by Crippen LogP contribution is 2.19. The minimum absolute atomic E-state index is 0.615. The van der Waals surface area contributed by atoms with Gasteiger partial charge in [0, 0.05) is 24.0 Å². The van der Waals surface area contributed by atoms with Gasteiger partial charge in [0.15, 0.2) is 5.76 Å². The average Bonchev–Trinajstić information content (AvgIpc) is 3.06. The van der Waals surface area contributed by atoms with Crippen LogP contribution in [-0.2, 0) is 13.1 Å². The molecular formula is C15H16N4O. The van der Waals surface area contributed by atoms with E-state index in [1.54, 1.807) is 0 Å². The first-order valence-corrected chi connectivity index (χ1v) is 6.97.